The number of nitrogens with one attached hydrogen (secondary N) is 1. The summed E-state index contributed by atoms with van der Waals surface area (Å²) in [4.78, 5) is 14.3. The minimum atomic E-state index is -0.804. The summed E-state index contributed by atoms with van der Waals surface area (Å²) in [6, 6.07) is 5.43. The van der Waals surface area contributed by atoms with Crippen LogP contribution in [0.15, 0.2) is 28.9 Å². The number of thiophene rings is 1. The molecular weight excluding hydrogens is 286 g/mol. The molecule has 0 saturated heterocycles. The van der Waals surface area contributed by atoms with Gasteiger partial charge in [-0.1, -0.05) is 6.42 Å². The van der Waals surface area contributed by atoms with Crippen LogP contribution >= 0.6 is 11.3 Å². The molecule has 21 heavy (non-hydrogen) atoms. The summed E-state index contributed by atoms with van der Waals surface area (Å²) in [5, 5.41) is 12.7. The largest absolute Gasteiger partial charge is 0.467 e. The van der Waals surface area contributed by atoms with Gasteiger partial charge in [0.2, 0.25) is 0 Å². The Kier molecular flexibility index (Phi) is 4.41. The van der Waals surface area contributed by atoms with Gasteiger partial charge in [0.05, 0.1) is 17.7 Å². The molecule has 0 aromatic carbocycles. The number of carbonyl (C=O) groups excluding carboxylic acids is 1. The van der Waals surface area contributed by atoms with Gasteiger partial charge in [-0.15, -0.1) is 11.3 Å². The number of carbonyl (C=O) groups is 1. The van der Waals surface area contributed by atoms with Crippen molar-refractivity contribution in [2.45, 2.75) is 38.2 Å². The Labute approximate surface area is 127 Å². The van der Waals surface area contributed by atoms with Crippen molar-refractivity contribution in [1.29, 1.82) is 0 Å². The lowest BCUT2D eigenvalue weighted by Gasteiger charge is -2.08. The number of rotatable bonds is 4. The van der Waals surface area contributed by atoms with Crippen LogP contribution in [0.3, 0.4) is 0 Å². The number of amides is 1. The Morgan fingerprint density at radius 2 is 2.24 bits per heavy atom. The molecule has 112 valence electrons. The van der Waals surface area contributed by atoms with E-state index in [0.717, 1.165) is 17.7 Å². The first-order chi connectivity index (χ1) is 10.2. The smallest absolute Gasteiger partial charge is 0.261 e. The van der Waals surface area contributed by atoms with E-state index in [1.54, 1.807) is 23.5 Å². The van der Waals surface area contributed by atoms with Crippen LogP contribution in [-0.2, 0) is 12.8 Å². The maximum absolute atomic E-state index is 12.2. The quantitative estimate of drug-likeness (QED) is 0.853. The van der Waals surface area contributed by atoms with Crippen LogP contribution in [0.5, 0.6) is 0 Å². The molecule has 0 unspecified atom stereocenters. The van der Waals surface area contributed by atoms with Gasteiger partial charge < -0.3 is 14.8 Å². The fourth-order valence-corrected chi connectivity index (χ4v) is 3.81. The predicted molar refractivity (Wildman–Crippen MR) is 81.6 cm³/mol. The Balaban J connectivity index is 1.60. The molecule has 0 radical (unpaired) electrons. The number of aliphatic hydroxyl groups is 1. The lowest BCUT2D eigenvalue weighted by Crippen LogP contribution is -2.27. The third-order valence-electron chi connectivity index (χ3n) is 3.80. The van der Waals surface area contributed by atoms with Crippen molar-refractivity contribution in [3.05, 3.63) is 45.5 Å². The zero-order valence-corrected chi connectivity index (χ0v) is 12.6. The van der Waals surface area contributed by atoms with Crippen molar-refractivity contribution in [2.24, 2.45) is 0 Å². The second-order valence-electron chi connectivity index (χ2n) is 5.36. The number of hydrogen-bond donors (Lipinski definition) is 2. The molecule has 0 fully saturated rings. The first-order valence-corrected chi connectivity index (χ1v) is 8.17. The SMILES string of the molecule is O=C(NC[C@H](O)c1ccco1)c1cc2c(s1)CCCCC2. The molecule has 2 aromatic heterocycles. The molecule has 0 aliphatic heterocycles. The van der Waals surface area contributed by atoms with Crippen LogP contribution in [0.25, 0.3) is 0 Å². The average molecular weight is 305 g/mol. The average Bonchev–Trinajstić information content (AvgIpc) is 3.11. The molecule has 1 aliphatic rings. The van der Waals surface area contributed by atoms with Gasteiger partial charge in [-0.2, -0.15) is 0 Å². The Bertz CT molecular complexity index is 580. The van der Waals surface area contributed by atoms with E-state index in [2.05, 4.69) is 5.32 Å². The maximum atomic E-state index is 12.2. The lowest BCUT2D eigenvalue weighted by atomic mass is 10.1. The van der Waals surface area contributed by atoms with Crippen LogP contribution in [0.1, 0.15) is 51.2 Å². The van der Waals surface area contributed by atoms with Crippen molar-refractivity contribution in [3.8, 4) is 0 Å². The fraction of sp³-hybridized carbons (Fsp3) is 0.438. The maximum Gasteiger partial charge on any atom is 0.261 e. The number of furan rings is 1. The van der Waals surface area contributed by atoms with Gasteiger partial charge in [-0.3, -0.25) is 4.79 Å². The Hall–Kier alpha value is -1.59. The van der Waals surface area contributed by atoms with Gasteiger partial charge in [-0.25, -0.2) is 0 Å². The monoisotopic (exact) mass is 305 g/mol. The topological polar surface area (TPSA) is 62.5 Å². The van der Waals surface area contributed by atoms with Crippen molar-refractivity contribution in [1.82, 2.24) is 5.32 Å². The van der Waals surface area contributed by atoms with E-state index in [0.29, 0.717) is 5.76 Å². The molecule has 1 atom stereocenters. The molecule has 2 aromatic rings. The van der Waals surface area contributed by atoms with E-state index in [9.17, 15) is 9.90 Å². The van der Waals surface area contributed by atoms with E-state index in [-0.39, 0.29) is 12.5 Å². The Morgan fingerprint density at radius 3 is 3.05 bits per heavy atom. The van der Waals surface area contributed by atoms with Crippen LogP contribution < -0.4 is 5.32 Å². The lowest BCUT2D eigenvalue weighted by molar-refractivity contribution is 0.0905. The standard InChI is InChI=1S/C16H19NO3S/c18-12(13-6-4-8-20-13)10-17-16(19)15-9-11-5-2-1-3-7-14(11)21-15/h4,6,8-9,12,18H,1-3,5,7,10H2,(H,17,19)/t12-/m0/s1. The number of aryl methyl sites for hydroxylation is 2. The molecule has 0 saturated carbocycles. The van der Waals surface area contributed by atoms with Gasteiger partial charge in [0, 0.05) is 4.88 Å². The van der Waals surface area contributed by atoms with E-state index in [1.807, 2.05) is 6.07 Å². The molecule has 3 rings (SSSR count). The highest BCUT2D eigenvalue weighted by Crippen LogP contribution is 2.29. The first-order valence-electron chi connectivity index (χ1n) is 7.35. The summed E-state index contributed by atoms with van der Waals surface area (Å²) in [6.07, 6.45) is 6.57. The summed E-state index contributed by atoms with van der Waals surface area (Å²) < 4.78 is 5.11. The Morgan fingerprint density at radius 1 is 1.38 bits per heavy atom. The minimum Gasteiger partial charge on any atom is -0.467 e. The highest BCUT2D eigenvalue weighted by molar-refractivity contribution is 7.14. The van der Waals surface area contributed by atoms with Crippen LogP contribution in [-0.4, -0.2) is 17.6 Å². The van der Waals surface area contributed by atoms with Crippen molar-refractivity contribution in [2.75, 3.05) is 6.54 Å². The molecule has 2 heterocycles. The van der Waals surface area contributed by atoms with Crippen LogP contribution in [0, 0.1) is 0 Å². The van der Waals surface area contributed by atoms with Gasteiger partial charge in [-0.05, 0) is 49.4 Å². The summed E-state index contributed by atoms with van der Waals surface area (Å²) in [7, 11) is 0. The minimum absolute atomic E-state index is 0.112. The van der Waals surface area contributed by atoms with Gasteiger partial charge in [0.15, 0.2) is 0 Å². The number of hydrogen-bond acceptors (Lipinski definition) is 4. The molecule has 1 amide bonds. The summed E-state index contributed by atoms with van der Waals surface area (Å²) >= 11 is 1.59. The second kappa shape index (κ2) is 6.45. The second-order valence-corrected chi connectivity index (χ2v) is 6.50. The third kappa shape index (κ3) is 3.36. The van der Waals surface area contributed by atoms with Crippen LogP contribution in [0.2, 0.25) is 0 Å². The third-order valence-corrected chi connectivity index (χ3v) is 5.03. The van der Waals surface area contributed by atoms with Crippen LogP contribution in [0.4, 0.5) is 0 Å². The molecular formula is C16H19NO3S. The van der Waals surface area contributed by atoms with E-state index in [4.69, 9.17) is 4.42 Å². The first kappa shape index (κ1) is 14.4. The molecule has 0 spiro atoms. The summed E-state index contributed by atoms with van der Waals surface area (Å²) in [6.45, 7) is 0.162. The van der Waals surface area contributed by atoms with Crippen molar-refractivity contribution >= 4 is 17.2 Å². The van der Waals surface area contributed by atoms with E-state index < -0.39 is 6.10 Å². The predicted octanol–water partition coefficient (Wildman–Crippen LogP) is 3.07. The van der Waals surface area contributed by atoms with E-state index >= 15 is 0 Å². The van der Waals surface area contributed by atoms with Gasteiger partial charge in [0.1, 0.15) is 11.9 Å². The molecule has 4 nitrogen and oxygen atoms in total. The zero-order chi connectivity index (χ0) is 14.7. The highest BCUT2D eigenvalue weighted by atomic mass is 32.1. The molecule has 0 bridgehead atoms. The number of aliphatic hydroxyl groups excluding tert-OH is 1. The number of fused-ring (bicyclic) bond motifs is 1. The van der Waals surface area contributed by atoms with Gasteiger partial charge >= 0.3 is 0 Å². The van der Waals surface area contributed by atoms with Gasteiger partial charge in [0.25, 0.3) is 5.91 Å². The van der Waals surface area contributed by atoms with Crippen molar-refractivity contribution < 1.29 is 14.3 Å². The summed E-state index contributed by atoms with van der Waals surface area (Å²) in [5.41, 5.74) is 1.33. The fourth-order valence-electron chi connectivity index (χ4n) is 2.64. The highest BCUT2D eigenvalue weighted by Gasteiger charge is 2.18. The molecule has 2 N–H and O–H groups in total. The summed E-state index contributed by atoms with van der Waals surface area (Å²) in [5.74, 6) is 0.357. The van der Waals surface area contributed by atoms with E-state index in [1.165, 1.54) is 36.0 Å². The zero-order valence-electron chi connectivity index (χ0n) is 11.8. The van der Waals surface area contributed by atoms with Crippen molar-refractivity contribution in [3.63, 3.8) is 0 Å². The normalized spacial score (nSPS) is 16.0. The molecule has 5 heteroatoms. The molecule has 1 aliphatic carbocycles.